The Morgan fingerprint density at radius 1 is 1.37 bits per heavy atom. The Labute approximate surface area is 173 Å². The fourth-order valence-corrected chi connectivity index (χ4v) is 3.52. The normalized spacial score (nSPS) is 23.3. The molecule has 3 atom stereocenters. The first-order valence-electron chi connectivity index (χ1n) is 10.0. The zero-order valence-corrected chi connectivity index (χ0v) is 17.1. The highest BCUT2D eigenvalue weighted by molar-refractivity contribution is 6.00. The van der Waals surface area contributed by atoms with Gasteiger partial charge in [0.2, 0.25) is 0 Å². The molecule has 4 N–H and O–H groups in total. The van der Waals surface area contributed by atoms with E-state index in [1.165, 1.54) is 10.7 Å². The van der Waals surface area contributed by atoms with Crippen LogP contribution in [0.15, 0.2) is 36.3 Å². The van der Waals surface area contributed by atoms with Crippen molar-refractivity contribution in [2.24, 2.45) is 0 Å². The first-order chi connectivity index (χ1) is 14.4. The minimum absolute atomic E-state index is 0.112. The molecule has 0 bridgehead atoms. The largest absolute Gasteiger partial charge is 0.373 e. The molecule has 1 saturated carbocycles. The number of anilines is 2. The van der Waals surface area contributed by atoms with E-state index in [0.29, 0.717) is 35.8 Å². The van der Waals surface area contributed by atoms with Gasteiger partial charge in [0.05, 0.1) is 17.9 Å². The van der Waals surface area contributed by atoms with Crippen molar-refractivity contribution in [3.8, 4) is 0 Å². The first kappa shape index (κ1) is 20.1. The van der Waals surface area contributed by atoms with Crippen LogP contribution in [0, 0.1) is 0 Å². The van der Waals surface area contributed by atoms with Crippen LogP contribution in [0.1, 0.15) is 37.0 Å². The molecule has 4 rings (SSSR count). The lowest BCUT2D eigenvalue weighted by Crippen LogP contribution is -2.48. The Morgan fingerprint density at radius 2 is 2.17 bits per heavy atom. The summed E-state index contributed by atoms with van der Waals surface area (Å²) in [4.78, 5) is 19.0. The molecule has 9 nitrogen and oxygen atoms in total. The van der Waals surface area contributed by atoms with Crippen molar-refractivity contribution in [3.05, 3.63) is 41.9 Å². The monoisotopic (exact) mass is 415 g/mol. The third-order valence-corrected chi connectivity index (χ3v) is 5.44. The molecule has 1 amide bonds. The molecule has 1 aliphatic heterocycles. The SMILES string of the molecule is CNc1cc(NC2=CC=CN(C(C)C)C2O)nc2c(C(=O)NC3CC[C@@H]3F)cnn12. The van der Waals surface area contributed by atoms with E-state index in [1.54, 1.807) is 19.2 Å². The Kier molecular flexibility index (Phi) is 5.33. The van der Waals surface area contributed by atoms with Crippen LogP contribution in [0.4, 0.5) is 16.0 Å². The summed E-state index contributed by atoms with van der Waals surface area (Å²) in [5, 5.41) is 23.8. The lowest BCUT2D eigenvalue weighted by molar-refractivity contribution is 0.0478. The molecule has 10 heteroatoms. The first-order valence-corrected chi connectivity index (χ1v) is 10.0. The van der Waals surface area contributed by atoms with Gasteiger partial charge in [-0.15, -0.1) is 0 Å². The number of allylic oxidation sites excluding steroid dienone is 2. The van der Waals surface area contributed by atoms with Crippen molar-refractivity contribution >= 4 is 23.2 Å². The van der Waals surface area contributed by atoms with E-state index in [2.05, 4.69) is 26.0 Å². The number of hydrogen-bond acceptors (Lipinski definition) is 7. The fraction of sp³-hybridized carbons (Fsp3) is 0.450. The second-order valence-corrected chi connectivity index (χ2v) is 7.75. The number of nitrogens with zero attached hydrogens (tertiary/aromatic N) is 4. The van der Waals surface area contributed by atoms with E-state index in [0.717, 1.165) is 0 Å². The number of fused-ring (bicyclic) bond motifs is 1. The summed E-state index contributed by atoms with van der Waals surface area (Å²) in [5.41, 5.74) is 1.15. The molecule has 0 spiro atoms. The van der Waals surface area contributed by atoms with Gasteiger partial charge < -0.3 is 26.0 Å². The maximum Gasteiger partial charge on any atom is 0.257 e. The molecule has 1 fully saturated rings. The van der Waals surface area contributed by atoms with E-state index in [1.807, 2.05) is 31.0 Å². The summed E-state index contributed by atoms with van der Waals surface area (Å²) in [5.74, 6) is 0.642. The number of halogens is 1. The van der Waals surface area contributed by atoms with Gasteiger partial charge in [0.1, 0.15) is 23.4 Å². The van der Waals surface area contributed by atoms with Crippen molar-refractivity contribution < 1.29 is 14.3 Å². The molecule has 0 saturated heterocycles. The van der Waals surface area contributed by atoms with E-state index >= 15 is 0 Å². The molecule has 1 aliphatic carbocycles. The molecule has 2 aromatic rings. The molecule has 2 unspecified atom stereocenters. The predicted molar refractivity (Wildman–Crippen MR) is 112 cm³/mol. The van der Waals surface area contributed by atoms with E-state index in [4.69, 9.17) is 0 Å². The Balaban J connectivity index is 1.63. The second-order valence-electron chi connectivity index (χ2n) is 7.75. The predicted octanol–water partition coefficient (Wildman–Crippen LogP) is 1.85. The molecule has 30 heavy (non-hydrogen) atoms. The smallest absolute Gasteiger partial charge is 0.257 e. The van der Waals surface area contributed by atoms with Gasteiger partial charge in [0.15, 0.2) is 11.9 Å². The van der Waals surface area contributed by atoms with Crippen LogP contribution in [0.5, 0.6) is 0 Å². The average molecular weight is 415 g/mol. The lowest BCUT2D eigenvalue weighted by atomic mass is 9.90. The van der Waals surface area contributed by atoms with Gasteiger partial charge >= 0.3 is 0 Å². The van der Waals surface area contributed by atoms with Crippen LogP contribution in [-0.2, 0) is 0 Å². The second kappa shape index (κ2) is 7.94. The molecule has 0 radical (unpaired) electrons. The van der Waals surface area contributed by atoms with Crippen molar-refractivity contribution in [3.63, 3.8) is 0 Å². The van der Waals surface area contributed by atoms with E-state index in [-0.39, 0.29) is 11.6 Å². The van der Waals surface area contributed by atoms with Gasteiger partial charge in [-0.25, -0.2) is 9.37 Å². The molecule has 2 aromatic heterocycles. The molecular formula is C20H26FN7O2. The maximum atomic E-state index is 13.6. The van der Waals surface area contributed by atoms with E-state index < -0.39 is 24.3 Å². The highest BCUT2D eigenvalue weighted by atomic mass is 19.1. The zero-order valence-electron chi connectivity index (χ0n) is 17.1. The molecule has 2 aliphatic rings. The summed E-state index contributed by atoms with van der Waals surface area (Å²) in [6.45, 7) is 3.97. The Hall–Kier alpha value is -3.14. The quantitative estimate of drug-likeness (QED) is 0.570. The van der Waals surface area contributed by atoms with Crippen molar-refractivity contribution in [1.29, 1.82) is 0 Å². The standard InChI is InChI=1S/C20H26FN7O2/c1-11(2)27-8-4-5-15(20(27)30)24-16-9-17(22-3)28-18(26-16)12(10-23-28)19(29)25-14-7-6-13(14)21/h4-5,8-11,13-14,20,22,30H,6-7H2,1-3H3,(H,24,26)(H,25,29)/t13-,14?,20?/m0/s1. The highest BCUT2D eigenvalue weighted by Gasteiger charge is 2.33. The van der Waals surface area contributed by atoms with Crippen molar-refractivity contribution in [1.82, 2.24) is 24.8 Å². The number of nitrogens with one attached hydrogen (secondary N) is 3. The number of aliphatic hydroxyl groups is 1. The number of rotatable bonds is 6. The molecule has 0 aromatic carbocycles. The number of amides is 1. The minimum atomic E-state index is -1.01. The highest BCUT2D eigenvalue weighted by Crippen LogP contribution is 2.25. The van der Waals surface area contributed by atoms with Crippen LogP contribution in [0.25, 0.3) is 5.65 Å². The maximum absolute atomic E-state index is 13.6. The van der Waals surface area contributed by atoms with Gasteiger partial charge in [0, 0.05) is 25.4 Å². The van der Waals surface area contributed by atoms with Gasteiger partial charge in [-0.2, -0.15) is 9.61 Å². The number of carbonyl (C=O) groups is 1. The van der Waals surface area contributed by atoms with Gasteiger partial charge in [0.25, 0.3) is 5.91 Å². The zero-order chi connectivity index (χ0) is 21.4. The Morgan fingerprint density at radius 3 is 2.80 bits per heavy atom. The van der Waals surface area contributed by atoms with Crippen LogP contribution < -0.4 is 16.0 Å². The third kappa shape index (κ3) is 3.58. The lowest BCUT2D eigenvalue weighted by Gasteiger charge is -2.34. The van der Waals surface area contributed by atoms with E-state index in [9.17, 15) is 14.3 Å². The summed E-state index contributed by atoms with van der Waals surface area (Å²) >= 11 is 0. The average Bonchev–Trinajstić information content (AvgIpc) is 3.15. The minimum Gasteiger partial charge on any atom is -0.373 e. The summed E-state index contributed by atoms with van der Waals surface area (Å²) in [6, 6.07) is 1.38. The molecular weight excluding hydrogens is 389 g/mol. The van der Waals surface area contributed by atoms with Gasteiger partial charge in [-0.05, 0) is 38.8 Å². The number of aliphatic hydroxyl groups excluding tert-OH is 1. The topological polar surface area (TPSA) is 107 Å². The number of alkyl halides is 1. The summed E-state index contributed by atoms with van der Waals surface area (Å²) in [6.07, 6.45) is 6.10. The van der Waals surface area contributed by atoms with Crippen LogP contribution >= 0.6 is 0 Å². The van der Waals surface area contributed by atoms with Crippen LogP contribution in [0.2, 0.25) is 0 Å². The number of hydrogen-bond donors (Lipinski definition) is 4. The molecule has 3 heterocycles. The van der Waals surface area contributed by atoms with Gasteiger partial charge in [-0.1, -0.05) is 0 Å². The molecule has 160 valence electrons. The number of carbonyl (C=O) groups excluding carboxylic acids is 1. The van der Waals surface area contributed by atoms with Gasteiger partial charge in [-0.3, -0.25) is 4.79 Å². The summed E-state index contributed by atoms with van der Waals surface area (Å²) in [7, 11) is 1.74. The number of aromatic nitrogens is 3. The third-order valence-electron chi connectivity index (χ3n) is 5.44. The fourth-order valence-electron chi connectivity index (χ4n) is 3.52. The van der Waals surface area contributed by atoms with Crippen molar-refractivity contribution in [2.75, 3.05) is 17.7 Å². The van der Waals surface area contributed by atoms with Crippen LogP contribution in [0.3, 0.4) is 0 Å². The van der Waals surface area contributed by atoms with Crippen LogP contribution in [-0.4, -0.2) is 62.0 Å². The summed E-state index contributed by atoms with van der Waals surface area (Å²) < 4.78 is 15.1. The van der Waals surface area contributed by atoms with Crippen molar-refractivity contribution in [2.45, 2.75) is 51.2 Å². The Bertz CT molecular complexity index is 1020.